The van der Waals surface area contributed by atoms with Gasteiger partial charge < -0.3 is 5.11 Å². The Morgan fingerprint density at radius 2 is 2.08 bits per heavy atom. The minimum Gasteiger partial charge on any atom is -0.382 e. The van der Waals surface area contributed by atoms with Gasteiger partial charge in [-0.25, -0.2) is 9.07 Å². The summed E-state index contributed by atoms with van der Waals surface area (Å²) >= 11 is 8.20. The van der Waals surface area contributed by atoms with E-state index in [0.717, 1.165) is 5.69 Å². The van der Waals surface area contributed by atoms with Gasteiger partial charge in [0.2, 0.25) is 0 Å². The minimum atomic E-state index is -0.986. The van der Waals surface area contributed by atoms with Gasteiger partial charge in [-0.1, -0.05) is 11.6 Å². The average molecular weight is 461 g/mol. The highest BCUT2D eigenvalue weighted by Crippen LogP contribution is 2.30. The van der Waals surface area contributed by atoms with Gasteiger partial charge in [0.25, 0.3) is 0 Å². The molecular formula is C16H15ClFIN4O. The number of hydrogen-bond acceptors (Lipinski definition) is 3. The van der Waals surface area contributed by atoms with Gasteiger partial charge in [0, 0.05) is 21.9 Å². The first-order valence-corrected chi connectivity index (χ1v) is 8.79. The minimum absolute atomic E-state index is 0.253. The molecule has 126 valence electrons. The molecule has 0 aliphatic heterocycles. The molecule has 1 N–H and O–H groups in total. The van der Waals surface area contributed by atoms with Crippen LogP contribution in [0.5, 0.6) is 0 Å². The molecule has 0 saturated carbocycles. The van der Waals surface area contributed by atoms with Crippen molar-refractivity contribution < 1.29 is 9.50 Å². The molecule has 24 heavy (non-hydrogen) atoms. The van der Waals surface area contributed by atoms with Crippen LogP contribution >= 0.6 is 34.2 Å². The molecule has 1 aromatic carbocycles. The molecule has 2 aromatic heterocycles. The van der Waals surface area contributed by atoms with Crippen LogP contribution in [-0.4, -0.2) is 24.7 Å². The summed E-state index contributed by atoms with van der Waals surface area (Å²) < 4.78 is 17.3. The van der Waals surface area contributed by atoms with E-state index in [4.69, 9.17) is 11.6 Å². The predicted octanol–water partition coefficient (Wildman–Crippen LogP) is 3.88. The van der Waals surface area contributed by atoms with Gasteiger partial charge in [0.05, 0.1) is 17.1 Å². The molecule has 3 rings (SSSR count). The normalized spacial score (nSPS) is 12.6. The highest BCUT2D eigenvalue weighted by Gasteiger charge is 2.23. The molecule has 1 atom stereocenters. The largest absolute Gasteiger partial charge is 0.382 e. The third kappa shape index (κ3) is 3.20. The molecule has 0 fully saturated rings. The lowest BCUT2D eigenvalue weighted by atomic mass is 10.1. The van der Waals surface area contributed by atoms with Crippen molar-refractivity contribution >= 4 is 34.2 Å². The number of rotatable bonds is 4. The number of benzene rings is 1. The molecule has 0 saturated heterocycles. The number of aromatic nitrogens is 4. The monoisotopic (exact) mass is 460 g/mol. The van der Waals surface area contributed by atoms with E-state index >= 15 is 0 Å². The fourth-order valence-electron chi connectivity index (χ4n) is 2.48. The lowest BCUT2D eigenvalue weighted by molar-refractivity contribution is 0.212. The zero-order valence-electron chi connectivity index (χ0n) is 13.0. The van der Waals surface area contributed by atoms with Crippen molar-refractivity contribution in [2.24, 2.45) is 0 Å². The van der Waals surface area contributed by atoms with Crippen molar-refractivity contribution in [3.63, 3.8) is 0 Å². The summed E-state index contributed by atoms with van der Waals surface area (Å²) in [4.78, 5) is 0. The van der Waals surface area contributed by atoms with Crippen molar-refractivity contribution in [2.45, 2.75) is 26.5 Å². The zero-order chi connectivity index (χ0) is 17.4. The van der Waals surface area contributed by atoms with E-state index in [1.54, 1.807) is 27.7 Å². The van der Waals surface area contributed by atoms with Crippen LogP contribution in [0.25, 0.3) is 5.69 Å². The highest BCUT2D eigenvalue weighted by molar-refractivity contribution is 14.1. The van der Waals surface area contributed by atoms with E-state index in [2.05, 4.69) is 10.2 Å². The lowest BCUT2D eigenvalue weighted by Crippen LogP contribution is -2.10. The van der Waals surface area contributed by atoms with E-state index in [1.165, 1.54) is 12.1 Å². The second-order valence-electron chi connectivity index (χ2n) is 5.35. The van der Waals surface area contributed by atoms with Crippen molar-refractivity contribution in [1.82, 2.24) is 19.6 Å². The maximum absolute atomic E-state index is 13.4. The summed E-state index contributed by atoms with van der Waals surface area (Å²) in [6.07, 6.45) is 0.731. The van der Waals surface area contributed by atoms with Crippen molar-refractivity contribution in [2.75, 3.05) is 0 Å². The van der Waals surface area contributed by atoms with Crippen LogP contribution in [0, 0.1) is 16.3 Å². The molecular weight excluding hydrogens is 446 g/mol. The van der Waals surface area contributed by atoms with Gasteiger partial charge in [-0.2, -0.15) is 10.2 Å². The predicted molar refractivity (Wildman–Crippen MR) is 97.9 cm³/mol. The summed E-state index contributed by atoms with van der Waals surface area (Å²) in [7, 11) is 0. The summed E-state index contributed by atoms with van der Waals surface area (Å²) in [5.74, 6) is -0.318. The van der Waals surface area contributed by atoms with Gasteiger partial charge in [0.15, 0.2) is 5.15 Å². The van der Waals surface area contributed by atoms with Crippen molar-refractivity contribution in [3.8, 4) is 5.69 Å². The highest BCUT2D eigenvalue weighted by atomic mass is 127. The molecule has 0 bridgehead atoms. The van der Waals surface area contributed by atoms with Gasteiger partial charge in [0.1, 0.15) is 11.9 Å². The maximum Gasteiger partial charge on any atom is 0.157 e. The number of hydrogen-bond donors (Lipinski definition) is 1. The van der Waals surface area contributed by atoms with E-state index in [-0.39, 0.29) is 11.0 Å². The van der Waals surface area contributed by atoms with Gasteiger partial charge in [-0.3, -0.25) is 4.68 Å². The van der Waals surface area contributed by atoms with Crippen LogP contribution in [-0.2, 0) is 6.54 Å². The van der Waals surface area contributed by atoms with Crippen LogP contribution in [0.4, 0.5) is 4.39 Å². The van der Waals surface area contributed by atoms with Crippen LogP contribution in [0.2, 0.25) is 5.15 Å². The number of nitrogens with zero attached hydrogens (tertiary/aromatic N) is 4. The Kier molecular flexibility index (Phi) is 4.93. The van der Waals surface area contributed by atoms with Gasteiger partial charge >= 0.3 is 0 Å². The van der Waals surface area contributed by atoms with Crippen LogP contribution in [0.1, 0.15) is 30.0 Å². The standard InChI is InChI=1S/C16H15ClFIN4O/c1-3-22-8-11(16(17)21-22)15(24)14-6-9(2)20-23(14)13-5-4-10(18)7-12(13)19/h4-8,15,24H,3H2,1-2H3. The van der Waals surface area contributed by atoms with Crippen molar-refractivity contribution in [3.05, 3.63) is 62.0 Å². The second-order valence-corrected chi connectivity index (χ2v) is 6.87. The Labute approximate surface area is 157 Å². The second kappa shape index (κ2) is 6.81. The number of aliphatic hydroxyl groups is 1. The third-order valence-electron chi connectivity index (χ3n) is 3.64. The van der Waals surface area contributed by atoms with E-state index in [1.807, 2.05) is 36.4 Å². The Hall–Kier alpha value is -1.45. The fourth-order valence-corrected chi connectivity index (χ4v) is 3.43. The maximum atomic E-state index is 13.4. The van der Waals surface area contributed by atoms with Crippen molar-refractivity contribution in [1.29, 1.82) is 0 Å². The van der Waals surface area contributed by atoms with E-state index in [9.17, 15) is 9.50 Å². The number of halogens is 3. The summed E-state index contributed by atoms with van der Waals surface area (Å²) in [6.45, 7) is 4.43. The summed E-state index contributed by atoms with van der Waals surface area (Å²) in [6, 6.07) is 6.21. The molecule has 0 aliphatic rings. The Balaban J connectivity index is 2.10. The van der Waals surface area contributed by atoms with Crippen LogP contribution < -0.4 is 0 Å². The Bertz CT molecular complexity index is 892. The summed E-state index contributed by atoms with van der Waals surface area (Å²) in [5.41, 5.74) is 2.49. The fraction of sp³-hybridized carbons (Fsp3) is 0.250. The molecule has 1 unspecified atom stereocenters. The van der Waals surface area contributed by atoms with Gasteiger partial charge in [-0.15, -0.1) is 0 Å². The smallest absolute Gasteiger partial charge is 0.157 e. The van der Waals surface area contributed by atoms with Crippen LogP contribution in [0.3, 0.4) is 0 Å². The van der Waals surface area contributed by atoms with E-state index < -0.39 is 6.10 Å². The SMILES string of the molecule is CCn1cc(C(O)c2cc(C)nn2-c2ccc(F)cc2I)c(Cl)n1. The molecule has 2 heterocycles. The molecule has 3 aromatic rings. The molecule has 0 amide bonds. The molecule has 5 nitrogen and oxygen atoms in total. The Morgan fingerprint density at radius 1 is 1.33 bits per heavy atom. The summed E-state index contributed by atoms with van der Waals surface area (Å²) in [5, 5.41) is 19.6. The Morgan fingerprint density at radius 3 is 2.71 bits per heavy atom. The molecule has 0 radical (unpaired) electrons. The average Bonchev–Trinajstić information content (AvgIpc) is 3.09. The topological polar surface area (TPSA) is 55.9 Å². The van der Waals surface area contributed by atoms with Gasteiger partial charge in [-0.05, 0) is 60.7 Å². The number of aryl methyl sites for hydroxylation is 2. The lowest BCUT2D eigenvalue weighted by Gasteiger charge is -2.14. The zero-order valence-corrected chi connectivity index (χ0v) is 16.0. The quantitative estimate of drug-likeness (QED) is 0.601. The molecule has 0 aliphatic carbocycles. The van der Waals surface area contributed by atoms with Crippen LogP contribution in [0.15, 0.2) is 30.5 Å². The van der Waals surface area contributed by atoms with E-state index in [0.29, 0.717) is 27.1 Å². The molecule has 8 heteroatoms. The number of aliphatic hydroxyl groups excluding tert-OH is 1. The molecule has 0 spiro atoms. The first-order chi connectivity index (χ1) is 11.4. The third-order valence-corrected chi connectivity index (χ3v) is 4.80. The first kappa shape index (κ1) is 17.4. The first-order valence-electron chi connectivity index (χ1n) is 7.33.